The Labute approximate surface area is 200 Å². The smallest absolute Gasteiger partial charge is 0.320 e. The SMILES string of the molecule is N#Cc1cc(Cl)c(NC(=O)N2CCN3C(=O)N([C@@H]4C[C@H]4c4ccccc4)C(=O)C3C2)c(Cl)c1. The summed E-state index contributed by atoms with van der Waals surface area (Å²) < 4.78 is 0. The van der Waals surface area contributed by atoms with Crippen LogP contribution in [0.25, 0.3) is 0 Å². The van der Waals surface area contributed by atoms with Crippen molar-refractivity contribution < 1.29 is 14.4 Å². The highest BCUT2D eigenvalue weighted by molar-refractivity contribution is 6.40. The molecule has 1 unspecified atom stereocenters. The zero-order valence-corrected chi connectivity index (χ0v) is 18.9. The molecule has 10 heteroatoms. The van der Waals surface area contributed by atoms with Gasteiger partial charge in [-0.3, -0.25) is 9.69 Å². The number of fused-ring (bicyclic) bond motifs is 1. The van der Waals surface area contributed by atoms with Crippen molar-refractivity contribution in [3.8, 4) is 6.07 Å². The van der Waals surface area contributed by atoms with Gasteiger partial charge in [0.05, 0.1) is 33.9 Å². The van der Waals surface area contributed by atoms with Gasteiger partial charge in [0.2, 0.25) is 0 Å². The lowest BCUT2D eigenvalue weighted by atomic mass is 10.1. The van der Waals surface area contributed by atoms with Crippen molar-refractivity contribution >= 4 is 46.9 Å². The molecule has 2 aliphatic heterocycles. The molecule has 5 amide bonds. The number of imide groups is 1. The number of anilines is 1. The lowest BCUT2D eigenvalue weighted by Crippen LogP contribution is -2.55. The van der Waals surface area contributed by atoms with Gasteiger partial charge in [0.25, 0.3) is 5.91 Å². The molecular formula is C23H19Cl2N5O3. The first-order valence-corrected chi connectivity index (χ1v) is 11.3. The molecule has 33 heavy (non-hydrogen) atoms. The number of urea groups is 2. The van der Waals surface area contributed by atoms with E-state index >= 15 is 0 Å². The number of nitrogens with zero attached hydrogens (tertiary/aromatic N) is 4. The number of benzene rings is 2. The molecule has 1 aliphatic carbocycles. The predicted octanol–water partition coefficient (Wildman–Crippen LogP) is 3.90. The van der Waals surface area contributed by atoms with Crippen molar-refractivity contribution in [1.29, 1.82) is 5.26 Å². The molecule has 3 atom stereocenters. The molecule has 168 valence electrons. The van der Waals surface area contributed by atoms with Gasteiger partial charge < -0.3 is 15.1 Å². The van der Waals surface area contributed by atoms with Crippen LogP contribution in [0.5, 0.6) is 0 Å². The second-order valence-electron chi connectivity index (χ2n) is 8.32. The number of piperazine rings is 1. The molecule has 2 aromatic carbocycles. The van der Waals surface area contributed by atoms with E-state index in [0.29, 0.717) is 0 Å². The molecule has 2 heterocycles. The molecule has 2 saturated heterocycles. The van der Waals surface area contributed by atoms with Gasteiger partial charge in [-0.1, -0.05) is 53.5 Å². The van der Waals surface area contributed by atoms with Crippen molar-refractivity contribution in [2.24, 2.45) is 0 Å². The zero-order chi connectivity index (χ0) is 23.3. The maximum Gasteiger partial charge on any atom is 0.327 e. The lowest BCUT2D eigenvalue weighted by molar-refractivity contribution is -0.129. The van der Waals surface area contributed by atoms with Crippen LogP contribution in [0.4, 0.5) is 15.3 Å². The Morgan fingerprint density at radius 1 is 1.09 bits per heavy atom. The first-order valence-electron chi connectivity index (χ1n) is 10.5. The summed E-state index contributed by atoms with van der Waals surface area (Å²) in [5.74, 6) is -0.115. The quantitative estimate of drug-likeness (QED) is 0.669. The fraction of sp³-hybridized carbons (Fsp3) is 0.304. The van der Waals surface area contributed by atoms with Crippen LogP contribution in [0.3, 0.4) is 0 Å². The van der Waals surface area contributed by atoms with E-state index in [0.717, 1.165) is 12.0 Å². The van der Waals surface area contributed by atoms with Crippen LogP contribution in [-0.4, -0.2) is 64.4 Å². The van der Waals surface area contributed by atoms with Crippen molar-refractivity contribution in [2.75, 3.05) is 25.0 Å². The van der Waals surface area contributed by atoms with Gasteiger partial charge in [0.15, 0.2) is 0 Å². The normalized spacial score (nSPS) is 23.9. The van der Waals surface area contributed by atoms with E-state index in [1.165, 1.54) is 21.9 Å². The summed E-state index contributed by atoms with van der Waals surface area (Å²) in [6.45, 7) is 0.616. The summed E-state index contributed by atoms with van der Waals surface area (Å²) >= 11 is 12.3. The first kappa shape index (κ1) is 21.6. The summed E-state index contributed by atoms with van der Waals surface area (Å²) in [6.07, 6.45) is 0.752. The molecule has 0 spiro atoms. The molecule has 0 radical (unpaired) electrons. The van der Waals surface area contributed by atoms with Crippen molar-refractivity contribution in [3.63, 3.8) is 0 Å². The van der Waals surface area contributed by atoms with Gasteiger partial charge in [-0.25, -0.2) is 9.59 Å². The Morgan fingerprint density at radius 2 is 1.79 bits per heavy atom. The molecule has 8 nitrogen and oxygen atoms in total. The monoisotopic (exact) mass is 483 g/mol. The van der Waals surface area contributed by atoms with E-state index in [2.05, 4.69) is 5.32 Å². The van der Waals surface area contributed by atoms with Crippen LogP contribution in [0, 0.1) is 11.3 Å². The number of hydrogen-bond donors (Lipinski definition) is 1. The van der Waals surface area contributed by atoms with Crippen LogP contribution in [0.1, 0.15) is 23.5 Å². The van der Waals surface area contributed by atoms with Crippen LogP contribution in [0.15, 0.2) is 42.5 Å². The number of carbonyl (C=O) groups excluding carboxylic acids is 3. The summed E-state index contributed by atoms with van der Waals surface area (Å²) in [7, 11) is 0. The van der Waals surface area contributed by atoms with Gasteiger partial charge in [-0.15, -0.1) is 0 Å². The summed E-state index contributed by atoms with van der Waals surface area (Å²) in [5.41, 5.74) is 1.59. The summed E-state index contributed by atoms with van der Waals surface area (Å²) in [5, 5.41) is 12.0. The summed E-state index contributed by atoms with van der Waals surface area (Å²) in [4.78, 5) is 43.4. The van der Waals surface area contributed by atoms with Crippen LogP contribution >= 0.6 is 23.2 Å². The number of nitrogens with one attached hydrogen (secondary N) is 1. The second-order valence-corrected chi connectivity index (χ2v) is 9.14. The Balaban J connectivity index is 1.28. The van der Waals surface area contributed by atoms with Crippen molar-refractivity contribution in [2.45, 2.75) is 24.4 Å². The van der Waals surface area contributed by atoms with Gasteiger partial charge >= 0.3 is 12.1 Å². The number of carbonyl (C=O) groups is 3. The van der Waals surface area contributed by atoms with E-state index in [9.17, 15) is 14.4 Å². The lowest BCUT2D eigenvalue weighted by Gasteiger charge is -2.35. The number of rotatable bonds is 3. The maximum atomic E-state index is 13.1. The molecule has 3 fully saturated rings. The van der Waals surface area contributed by atoms with E-state index in [-0.39, 0.29) is 64.8 Å². The van der Waals surface area contributed by atoms with Crippen molar-refractivity contribution in [3.05, 3.63) is 63.6 Å². The van der Waals surface area contributed by atoms with E-state index in [1.807, 2.05) is 36.4 Å². The third kappa shape index (κ3) is 3.77. The maximum absolute atomic E-state index is 13.1. The molecule has 5 rings (SSSR count). The van der Waals surface area contributed by atoms with Gasteiger partial charge in [0, 0.05) is 25.0 Å². The zero-order valence-electron chi connectivity index (χ0n) is 17.4. The van der Waals surface area contributed by atoms with Gasteiger partial charge in [0.1, 0.15) is 6.04 Å². The predicted molar refractivity (Wildman–Crippen MR) is 122 cm³/mol. The molecule has 0 aromatic heterocycles. The molecule has 0 bridgehead atoms. The van der Waals surface area contributed by atoms with Crippen molar-refractivity contribution in [1.82, 2.24) is 14.7 Å². The van der Waals surface area contributed by atoms with Crippen LogP contribution in [-0.2, 0) is 4.79 Å². The minimum atomic E-state index is -0.707. The van der Waals surface area contributed by atoms with Crippen LogP contribution < -0.4 is 5.32 Å². The Morgan fingerprint density at radius 3 is 2.45 bits per heavy atom. The van der Waals surface area contributed by atoms with E-state index in [1.54, 1.807) is 4.90 Å². The van der Waals surface area contributed by atoms with Crippen LogP contribution in [0.2, 0.25) is 10.0 Å². The average molecular weight is 484 g/mol. The number of amides is 5. The largest absolute Gasteiger partial charge is 0.327 e. The summed E-state index contributed by atoms with van der Waals surface area (Å²) in [6, 6.07) is 13.0. The minimum Gasteiger partial charge on any atom is -0.320 e. The average Bonchev–Trinajstić information content (AvgIpc) is 3.57. The number of halogens is 2. The fourth-order valence-corrected chi connectivity index (χ4v) is 5.16. The standard InChI is InChI=1S/C23H19Cl2N5O3/c24-16-8-13(11-26)9-17(25)20(16)27-22(32)28-6-7-29-19(12-28)21(31)30(23(29)33)18-10-15(18)14-4-2-1-3-5-14/h1-5,8-9,15,18-19H,6-7,10,12H2,(H,27,32)/t15-,18+,19?/m0/s1. The highest BCUT2D eigenvalue weighted by Crippen LogP contribution is 2.47. The number of hydrogen-bond acceptors (Lipinski definition) is 4. The molecule has 2 aromatic rings. The molecular weight excluding hydrogens is 465 g/mol. The second kappa shape index (κ2) is 8.25. The fourth-order valence-electron chi connectivity index (χ4n) is 4.57. The molecule has 1 saturated carbocycles. The molecule has 1 N–H and O–H groups in total. The van der Waals surface area contributed by atoms with Gasteiger partial charge in [-0.2, -0.15) is 5.26 Å². The Bertz CT molecular complexity index is 1180. The first-order chi connectivity index (χ1) is 15.9. The minimum absolute atomic E-state index is 0.0845. The van der Waals surface area contributed by atoms with E-state index in [4.69, 9.17) is 28.5 Å². The third-order valence-corrected chi connectivity index (χ3v) is 6.96. The Hall–Kier alpha value is -3.28. The topological polar surface area (TPSA) is 96.8 Å². The third-order valence-electron chi connectivity index (χ3n) is 6.36. The number of nitriles is 1. The Kier molecular flexibility index (Phi) is 5.39. The highest BCUT2D eigenvalue weighted by atomic mass is 35.5. The molecule has 3 aliphatic rings. The van der Waals surface area contributed by atoms with E-state index < -0.39 is 12.1 Å². The highest BCUT2D eigenvalue weighted by Gasteiger charge is 2.56. The van der Waals surface area contributed by atoms with Gasteiger partial charge in [-0.05, 0) is 24.1 Å².